The predicted octanol–water partition coefficient (Wildman–Crippen LogP) is -5.14. The van der Waals surface area contributed by atoms with E-state index in [4.69, 9.17) is 14.9 Å². The molecule has 1 rings (SSSR count). The van der Waals surface area contributed by atoms with Crippen molar-refractivity contribution in [2.24, 2.45) is 0 Å². The van der Waals surface area contributed by atoms with Crippen LogP contribution in [-0.4, -0.2) is 96.5 Å². The maximum absolute atomic E-state index is 9.92. The maximum Gasteiger partial charge on any atom is 0.224 e. The summed E-state index contributed by atoms with van der Waals surface area (Å²) in [5.74, 6) is -2.83. The van der Waals surface area contributed by atoms with E-state index in [-0.39, 0.29) is 0 Å². The van der Waals surface area contributed by atoms with Crippen LogP contribution in [0.25, 0.3) is 0 Å². The van der Waals surface area contributed by atoms with E-state index >= 15 is 0 Å². The molecule has 18 heavy (non-hydrogen) atoms. The molecule has 7 atom stereocenters. The fraction of sp³-hybridized carbons (Fsp3) is 1.00. The molecule has 0 spiro atoms. The van der Waals surface area contributed by atoms with Crippen LogP contribution in [0.15, 0.2) is 0 Å². The highest BCUT2D eigenvalue weighted by molar-refractivity contribution is 5.00. The van der Waals surface area contributed by atoms with Gasteiger partial charge in [0.15, 0.2) is 0 Å². The first-order valence-electron chi connectivity index (χ1n) is 5.31. The molecule has 1 aliphatic heterocycles. The highest BCUT2D eigenvalue weighted by Gasteiger charge is 2.57. The van der Waals surface area contributed by atoms with E-state index in [1.54, 1.807) is 0 Å². The Morgan fingerprint density at radius 1 is 1.06 bits per heavy atom. The van der Waals surface area contributed by atoms with Crippen molar-refractivity contribution in [2.45, 2.75) is 42.4 Å². The summed E-state index contributed by atoms with van der Waals surface area (Å²) in [6.45, 7) is -1.73. The fourth-order valence-corrected chi connectivity index (χ4v) is 1.80. The summed E-state index contributed by atoms with van der Waals surface area (Å²) in [7, 11) is 0. The van der Waals surface area contributed by atoms with Crippen LogP contribution in [0, 0.1) is 0 Å². The van der Waals surface area contributed by atoms with Crippen LogP contribution in [0.4, 0.5) is 0 Å². The number of ether oxygens (including phenoxy) is 1. The van der Waals surface area contributed by atoms with Crippen molar-refractivity contribution in [3.05, 3.63) is 0 Å². The molecule has 8 N–H and O–H groups in total. The molecule has 0 bridgehead atoms. The molecule has 1 aliphatic rings. The van der Waals surface area contributed by atoms with Gasteiger partial charge in [0.25, 0.3) is 0 Å². The number of hydrogen-bond donors (Lipinski definition) is 8. The van der Waals surface area contributed by atoms with Gasteiger partial charge in [-0.2, -0.15) is 0 Å². The van der Waals surface area contributed by atoms with E-state index in [1.807, 2.05) is 0 Å². The summed E-state index contributed by atoms with van der Waals surface area (Å²) in [5, 5.41) is 74.7. The van der Waals surface area contributed by atoms with Crippen LogP contribution in [0.2, 0.25) is 0 Å². The van der Waals surface area contributed by atoms with Crippen LogP contribution in [0.5, 0.6) is 0 Å². The molecule has 0 radical (unpaired) electrons. The molecule has 9 heteroatoms. The Bertz CT molecular complexity index is 267. The summed E-state index contributed by atoms with van der Waals surface area (Å²) >= 11 is 0. The standard InChI is InChI=1S/C9H18O9/c10-1-3(12)7(15)9(17)8(16)6(14)5(13)4(2-11)18-9/h3-8,10-17H,1-2H2/t3?,4-,5-,6+,7?,8-,9+/m1/s1. The van der Waals surface area contributed by atoms with Gasteiger partial charge in [0.05, 0.1) is 13.2 Å². The third-order valence-electron chi connectivity index (χ3n) is 2.97. The molecule has 9 nitrogen and oxygen atoms in total. The summed E-state index contributed by atoms with van der Waals surface area (Å²) in [5.41, 5.74) is 0. The lowest BCUT2D eigenvalue weighted by Gasteiger charge is -2.47. The Morgan fingerprint density at radius 2 is 1.61 bits per heavy atom. The molecule has 0 aromatic heterocycles. The second kappa shape index (κ2) is 5.74. The van der Waals surface area contributed by atoms with Gasteiger partial charge in [-0.05, 0) is 0 Å². The Hall–Kier alpha value is -0.360. The summed E-state index contributed by atoms with van der Waals surface area (Å²) in [6.07, 6.45) is -11.2. The summed E-state index contributed by atoms with van der Waals surface area (Å²) in [4.78, 5) is 0. The molecular weight excluding hydrogens is 252 g/mol. The molecule has 1 saturated heterocycles. The van der Waals surface area contributed by atoms with Gasteiger partial charge in [0, 0.05) is 0 Å². The highest BCUT2D eigenvalue weighted by Crippen LogP contribution is 2.31. The summed E-state index contributed by atoms with van der Waals surface area (Å²) < 4.78 is 4.73. The average molecular weight is 270 g/mol. The second-order valence-electron chi connectivity index (χ2n) is 4.21. The monoisotopic (exact) mass is 270 g/mol. The molecule has 1 heterocycles. The van der Waals surface area contributed by atoms with Gasteiger partial charge in [-0.15, -0.1) is 0 Å². The zero-order valence-corrected chi connectivity index (χ0v) is 9.36. The Labute approximate surface area is 102 Å². The predicted molar refractivity (Wildman–Crippen MR) is 54.0 cm³/mol. The van der Waals surface area contributed by atoms with Gasteiger partial charge in [-0.25, -0.2) is 0 Å². The second-order valence-corrected chi connectivity index (χ2v) is 4.21. The van der Waals surface area contributed by atoms with E-state index in [0.29, 0.717) is 0 Å². The number of aliphatic hydroxyl groups excluding tert-OH is 7. The molecule has 0 amide bonds. The van der Waals surface area contributed by atoms with Gasteiger partial charge < -0.3 is 45.6 Å². The van der Waals surface area contributed by atoms with Gasteiger partial charge in [0.1, 0.15) is 36.6 Å². The van der Waals surface area contributed by atoms with Crippen molar-refractivity contribution in [2.75, 3.05) is 13.2 Å². The lowest BCUT2D eigenvalue weighted by Crippen LogP contribution is -2.71. The van der Waals surface area contributed by atoms with Crippen molar-refractivity contribution < 1.29 is 45.6 Å². The Kier molecular flexibility index (Phi) is 5.00. The van der Waals surface area contributed by atoms with Crippen molar-refractivity contribution in [3.63, 3.8) is 0 Å². The van der Waals surface area contributed by atoms with Gasteiger partial charge in [0.2, 0.25) is 5.79 Å². The normalized spacial score (nSPS) is 44.7. The first-order valence-corrected chi connectivity index (χ1v) is 5.31. The minimum absolute atomic E-state index is 0.796. The molecule has 108 valence electrons. The number of hydrogen-bond acceptors (Lipinski definition) is 9. The first-order chi connectivity index (χ1) is 8.29. The van der Waals surface area contributed by atoms with Gasteiger partial charge in [-0.3, -0.25) is 0 Å². The maximum atomic E-state index is 9.92. The summed E-state index contributed by atoms with van der Waals surface area (Å²) in [6, 6.07) is 0. The smallest absolute Gasteiger partial charge is 0.224 e. The van der Waals surface area contributed by atoms with Crippen LogP contribution >= 0.6 is 0 Å². The zero-order valence-electron chi connectivity index (χ0n) is 9.36. The van der Waals surface area contributed by atoms with Gasteiger partial charge in [-0.1, -0.05) is 0 Å². The number of rotatable bonds is 4. The van der Waals surface area contributed by atoms with E-state index < -0.39 is 55.6 Å². The van der Waals surface area contributed by atoms with E-state index in [9.17, 15) is 30.6 Å². The van der Waals surface area contributed by atoms with Crippen molar-refractivity contribution in [1.29, 1.82) is 0 Å². The highest BCUT2D eigenvalue weighted by atomic mass is 16.7. The molecule has 0 aliphatic carbocycles. The molecule has 1 fully saturated rings. The van der Waals surface area contributed by atoms with Crippen LogP contribution in [0.3, 0.4) is 0 Å². The van der Waals surface area contributed by atoms with Crippen molar-refractivity contribution >= 4 is 0 Å². The molecule has 0 saturated carbocycles. The average Bonchev–Trinajstić information content (AvgIpc) is 2.38. The lowest BCUT2D eigenvalue weighted by atomic mass is 9.87. The Morgan fingerprint density at radius 3 is 2.06 bits per heavy atom. The van der Waals surface area contributed by atoms with Crippen LogP contribution in [0.1, 0.15) is 0 Å². The van der Waals surface area contributed by atoms with E-state index in [1.165, 1.54) is 0 Å². The Balaban J connectivity index is 2.98. The minimum Gasteiger partial charge on any atom is -0.394 e. The topological polar surface area (TPSA) is 171 Å². The zero-order chi connectivity index (χ0) is 14.1. The van der Waals surface area contributed by atoms with E-state index in [0.717, 1.165) is 0 Å². The van der Waals surface area contributed by atoms with Crippen molar-refractivity contribution in [3.8, 4) is 0 Å². The third kappa shape index (κ3) is 2.50. The number of aliphatic hydroxyl groups is 8. The molecule has 0 aromatic carbocycles. The van der Waals surface area contributed by atoms with Gasteiger partial charge >= 0.3 is 0 Å². The molecule has 2 unspecified atom stereocenters. The molecular formula is C9H18O9. The van der Waals surface area contributed by atoms with Crippen LogP contribution < -0.4 is 0 Å². The quantitative estimate of drug-likeness (QED) is 0.249. The molecule has 0 aromatic rings. The van der Waals surface area contributed by atoms with Crippen LogP contribution in [-0.2, 0) is 4.74 Å². The van der Waals surface area contributed by atoms with Crippen molar-refractivity contribution in [1.82, 2.24) is 0 Å². The largest absolute Gasteiger partial charge is 0.394 e. The minimum atomic E-state index is -2.83. The SMILES string of the molecule is OCC(O)C(O)[C@]1(O)O[C@H](CO)[C@@H](O)[C@H](O)[C@H]1O. The fourth-order valence-electron chi connectivity index (χ4n) is 1.80. The lowest BCUT2D eigenvalue weighted by molar-refractivity contribution is -0.384. The first kappa shape index (κ1) is 15.7. The van der Waals surface area contributed by atoms with E-state index in [2.05, 4.69) is 0 Å². The third-order valence-corrected chi connectivity index (χ3v) is 2.97.